The van der Waals surface area contributed by atoms with Crippen LogP contribution >= 0.6 is 0 Å². The molecule has 0 heterocycles. The Bertz CT molecular complexity index is 1850. The van der Waals surface area contributed by atoms with E-state index in [1.165, 1.54) is 39.6 Å². The second-order valence-corrected chi connectivity index (χ2v) is 13.7. The van der Waals surface area contributed by atoms with E-state index in [0.29, 0.717) is 75.6 Å². The Morgan fingerprint density at radius 3 is 1.03 bits per heavy atom. The average Bonchev–Trinajstić information content (AvgIpc) is 3.30. The van der Waals surface area contributed by atoms with Gasteiger partial charge in [0.25, 0.3) is 0 Å². The number of unbranched alkanes of at least 4 members (excludes halogenated alkanes) is 3. The van der Waals surface area contributed by atoms with Gasteiger partial charge >= 0.3 is 35.8 Å². The zero-order valence-electron chi connectivity index (χ0n) is 36.0. The zero-order chi connectivity index (χ0) is 45.5. The van der Waals surface area contributed by atoms with Crippen molar-refractivity contribution in [2.75, 3.05) is 54.4 Å². The molecule has 3 aromatic rings. The zero-order valence-corrected chi connectivity index (χ0v) is 36.0. The molecule has 15 heteroatoms. The number of benzene rings is 3. The summed E-state index contributed by atoms with van der Waals surface area (Å²) in [5, 5.41) is 0. The van der Waals surface area contributed by atoms with Crippen LogP contribution in [0, 0.1) is 0 Å². The maximum Gasteiger partial charge on any atom is 0.330 e. The Morgan fingerprint density at radius 2 is 0.730 bits per heavy atom. The third kappa shape index (κ3) is 23.0. The Hall–Kier alpha value is -6.90. The molecular formula is C48H56O15. The molecule has 0 aliphatic carbocycles. The fourth-order valence-corrected chi connectivity index (χ4v) is 5.28. The fourth-order valence-electron chi connectivity index (χ4n) is 5.28. The van der Waals surface area contributed by atoms with Crippen LogP contribution in [0.1, 0.15) is 74.5 Å². The van der Waals surface area contributed by atoms with E-state index in [-0.39, 0.29) is 32.5 Å². The van der Waals surface area contributed by atoms with Gasteiger partial charge < -0.3 is 42.6 Å². The van der Waals surface area contributed by atoms with Gasteiger partial charge in [0, 0.05) is 37.5 Å². The molecule has 0 amide bonds. The molecule has 63 heavy (non-hydrogen) atoms. The minimum Gasteiger partial charge on any atom is -0.494 e. The molecule has 0 aliphatic rings. The first-order valence-corrected chi connectivity index (χ1v) is 20.5. The minimum absolute atomic E-state index is 0.0683. The van der Waals surface area contributed by atoms with E-state index in [9.17, 15) is 28.8 Å². The van der Waals surface area contributed by atoms with Gasteiger partial charge in [0.15, 0.2) is 6.10 Å². The summed E-state index contributed by atoms with van der Waals surface area (Å²) in [6.45, 7) is 0.508. The van der Waals surface area contributed by atoms with E-state index in [0.717, 1.165) is 16.7 Å². The number of hydrogen-bond donors (Lipinski definition) is 0. The van der Waals surface area contributed by atoms with Crippen LogP contribution in [0.4, 0.5) is 0 Å². The summed E-state index contributed by atoms with van der Waals surface area (Å²) >= 11 is 0. The standard InChI is InChI=1S/C48H56O15/c1-55-43(49)28-19-36-13-22-39(23-14-36)58-31-7-4-10-46(52)61-34-42(63-48(54)12-6-9-33-60-41-26-17-38(18-27-41)21-30-45(51)57-3)35-62-47(53)11-5-8-32-59-40-24-15-37(16-25-40)20-29-44(50)56-2/h13-30,42H,4-12,31-35H2,1-3H3/b28-19+,29-20+,30-21+. The van der Waals surface area contributed by atoms with E-state index in [2.05, 4.69) is 14.2 Å². The summed E-state index contributed by atoms with van der Waals surface area (Å²) in [4.78, 5) is 71.8. The number of methoxy groups -OCH3 is 3. The summed E-state index contributed by atoms with van der Waals surface area (Å²) < 4.78 is 47.4. The van der Waals surface area contributed by atoms with Crippen molar-refractivity contribution in [3.8, 4) is 17.2 Å². The first-order chi connectivity index (χ1) is 30.6. The second-order valence-electron chi connectivity index (χ2n) is 13.7. The molecular weight excluding hydrogens is 817 g/mol. The number of esters is 6. The lowest BCUT2D eigenvalue weighted by Gasteiger charge is -2.18. The molecule has 0 radical (unpaired) electrons. The van der Waals surface area contributed by atoms with Gasteiger partial charge in [0.1, 0.15) is 30.5 Å². The Balaban J connectivity index is 1.39. The molecule has 0 aromatic heterocycles. The van der Waals surface area contributed by atoms with Gasteiger partial charge in [-0.25, -0.2) is 14.4 Å². The van der Waals surface area contributed by atoms with Crippen molar-refractivity contribution in [3.05, 3.63) is 108 Å². The predicted molar refractivity (Wildman–Crippen MR) is 232 cm³/mol. The van der Waals surface area contributed by atoms with Crippen molar-refractivity contribution in [2.24, 2.45) is 0 Å². The van der Waals surface area contributed by atoms with Crippen LogP contribution in [-0.4, -0.2) is 96.3 Å². The van der Waals surface area contributed by atoms with Gasteiger partial charge in [-0.3, -0.25) is 14.4 Å². The van der Waals surface area contributed by atoms with E-state index in [4.69, 9.17) is 28.4 Å². The Morgan fingerprint density at radius 1 is 0.429 bits per heavy atom. The van der Waals surface area contributed by atoms with Gasteiger partial charge in [-0.1, -0.05) is 36.4 Å². The van der Waals surface area contributed by atoms with Gasteiger partial charge in [-0.05, 0) is 110 Å². The topological polar surface area (TPSA) is 185 Å². The van der Waals surface area contributed by atoms with E-state index >= 15 is 0 Å². The third-order valence-corrected chi connectivity index (χ3v) is 8.77. The van der Waals surface area contributed by atoms with E-state index in [1.807, 2.05) is 0 Å². The molecule has 0 spiro atoms. The second kappa shape index (κ2) is 30.2. The summed E-state index contributed by atoms with van der Waals surface area (Å²) in [6, 6.07) is 21.4. The molecule has 3 rings (SSSR count). The average molecular weight is 873 g/mol. The number of carbonyl (C=O) groups is 6. The Labute approximate surface area is 367 Å². The first-order valence-electron chi connectivity index (χ1n) is 20.5. The van der Waals surface area contributed by atoms with Crippen molar-refractivity contribution >= 4 is 54.0 Å². The lowest BCUT2D eigenvalue weighted by Crippen LogP contribution is -2.31. The summed E-state index contributed by atoms with van der Waals surface area (Å²) in [5.74, 6) is -0.975. The highest BCUT2D eigenvalue weighted by atomic mass is 16.6. The first kappa shape index (κ1) is 50.5. The largest absolute Gasteiger partial charge is 0.494 e. The third-order valence-electron chi connectivity index (χ3n) is 8.77. The molecule has 0 saturated heterocycles. The molecule has 15 nitrogen and oxygen atoms in total. The SMILES string of the molecule is COC(=O)/C=C/c1ccc(OCCCCC(=O)OCC(COC(=O)CCCCOc2ccc(/C=C/C(=O)OC)cc2)OC(=O)CCCCOc2ccc(/C=C/C(=O)OC)cc2)cc1. The molecule has 338 valence electrons. The lowest BCUT2D eigenvalue weighted by molar-refractivity contribution is -0.167. The fraction of sp³-hybridized carbons (Fsp3) is 0.375. The lowest BCUT2D eigenvalue weighted by atomic mass is 10.2. The summed E-state index contributed by atoms with van der Waals surface area (Å²) in [5.41, 5.74) is 2.42. The van der Waals surface area contributed by atoms with Crippen molar-refractivity contribution in [2.45, 2.75) is 63.9 Å². The van der Waals surface area contributed by atoms with Crippen LogP contribution in [0.25, 0.3) is 18.2 Å². The number of rotatable bonds is 29. The van der Waals surface area contributed by atoms with Crippen LogP contribution in [-0.2, 0) is 57.2 Å². The number of carbonyl (C=O) groups excluding carboxylic acids is 6. The summed E-state index contributed by atoms with van der Waals surface area (Å²) in [6.07, 6.45) is 11.3. The maximum absolute atomic E-state index is 12.8. The molecule has 0 aliphatic heterocycles. The quantitative estimate of drug-likeness (QED) is 0.0293. The maximum atomic E-state index is 12.8. The van der Waals surface area contributed by atoms with Crippen LogP contribution in [0.3, 0.4) is 0 Å². The highest BCUT2D eigenvalue weighted by Crippen LogP contribution is 2.17. The molecule has 0 unspecified atom stereocenters. The molecule has 0 saturated carbocycles. The number of hydrogen-bond acceptors (Lipinski definition) is 15. The smallest absolute Gasteiger partial charge is 0.330 e. The minimum atomic E-state index is -1.00. The van der Waals surface area contributed by atoms with Gasteiger partial charge in [-0.2, -0.15) is 0 Å². The normalized spacial score (nSPS) is 11.0. The predicted octanol–water partition coefficient (Wildman–Crippen LogP) is 7.29. The molecule has 3 aromatic carbocycles. The van der Waals surface area contributed by atoms with Gasteiger partial charge in [0.05, 0.1) is 41.2 Å². The summed E-state index contributed by atoms with van der Waals surface area (Å²) in [7, 11) is 3.92. The van der Waals surface area contributed by atoms with Crippen molar-refractivity contribution in [1.29, 1.82) is 0 Å². The molecule has 0 atom stereocenters. The monoisotopic (exact) mass is 872 g/mol. The van der Waals surface area contributed by atoms with Crippen molar-refractivity contribution < 1.29 is 71.4 Å². The molecule has 0 fully saturated rings. The van der Waals surface area contributed by atoms with Crippen molar-refractivity contribution in [1.82, 2.24) is 0 Å². The highest BCUT2D eigenvalue weighted by molar-refractivity contribution is 5.88. The van der Waals surface area contributed by atoms with E-state index < -0.39 is 41.9 Å². The van der Waals surface area contributed by atoms with Gasteiger partial charge in [-0.15, -0.1) is 0 Å². The molecule has 0 N–H and O–H groups in total. The van der Waals surface area contributed by atoms with Crippen LogP contribution in [0.5, 0.6) is 17.2 Å². The van der Waals surface area contributed by atoms with Crippen LogP contribution < -0.4 is 14.2 Å². The highest BCUT2D eigenvalue weighted by Gasteiger charge is 2.20. The number of ether oxygens (including phenoxy) is 9. The van der Waals surface area contributed by atoms with E-state index in [1.54, 1.807) is 91.0 Å². The van der Waals surface area contributed by atoms with Crippen molar-refractivity contribution in [3.63, 3.8) is 0 Å². The van der Waals surface area contributed by atoms with Crippen LogP contribution in [0.15, 0.2) is 91.0 Å². The van der Waals surface area contributed by atoms with Gasteiger partial charge in [0.2, 0.25) is 0 Å². The Kier molecular flexibility index (Phi) is 24.2. The molecule has 0 bridgehead atoms. The van der Waals surface area contributed by atoms with Crippen LogP contribution in [0.2, 0.25) is 0 Å².